The third-order valence-electron chi connectivity index (χ3n) is 3.62. The van der Waals surface area contributed by atoms with Gasteiger partial charge in [0.1, 0.15) is 12.3 Å². The Hall–Kier alpha value is -2.08. The number of hydrogen-bond donors (Lipinski definition) is 0. The van der Waals surface area contributed by atoms with Gasteiger partial charge in [-0.25, -0.2) is 0 Å². The molecule has 0 aromatic heterocycles. The number of ether oxygens (including phenoxy) is 2. The zero-order chi connectivity index (χ0) is 15.9. The Morgan fingerprint density at radius 1 is 1.23 bits per heavy atom. The molecular formula is C16H22N2O4. The molecule has 0 saturated carbocycles. The minimum atomic E-state index is -0.0684. The zero-order valence-corrected chi connectivity index (χ0v) is 13.1. The van der Waals surface area contributed by atoms with Crippen molar-refractivity contribution in [2.75, 3.05) is 44.9 Å². The smallest absolute Gasteiger partial charge is 0.246 e. The van der Waals surface area contributed by atoms with Gasteiger partial charge in [-0.1, -0.05) is 0 Å². The van der Waals surface area contributed by atoms with Crippen molar-refractivity contribution in [1.82, 2.24) is 4.90 Å². The topological polar surface area (TPSA) is 59.1 Å². The summed E-state index contributed by atoms with van der Waals surface area (Å²) in [7, 11) is 1.60. The SMILES string of the molecule is CCOCCC(=O)N1CCN(c2ccc(OC)cc2)C(=O)C1. The van der Waals surface area contributed by atoms with Crippen LogP contribution in [0.15, 0.2) is 24.3 Å². The quantitative estimate of drug-likeness (QED) is 0.743. The maximum Gasteiger partial charge on any atom is 0.246 e. The van der Waals surface area contributed by atoms with E-state index in [0.717, 1.165) is 11.4 Å². The first kappa shape index (κ1) is 16.3. The predicted molar refractivity (Wildman–Crippen MR) is 83.0 cm³/mol. The highest BCUT2D eigenvalue weighted by Gasteiger charge is 2.27. The maximum absolute atomic E-state index is 12.3. The first-order chi connectivity index (χ1) is 10.7. The minimum absolute atomic E-state index is 0.0313. The third-order valence-corrected chi connectivity index (χ3v) is 3.62. The summed E-state index contributed by atoms with van der Waals surface area (Å²) in [6.45, 7) is 4.06. The lowest BCUT2D eigenvalue weighted by Crippen LogP contribution is -2.52. The van der Waals surface area contributed by atoms with Gasteiger partial charge < -0.3 is 19.3 Å². The largest absolute Gasteiger partial charge is 0.497 e. The molecule has 120 valence electrons. The molecule has 2 rings (SSSR count). The van der Waals surface area contributed by atoms with Crippen LogP contribution in [0.25, 0.3) is 0 Å². The van der Waals surface area contributed by atoms with E-state index in [-0.39, 0.29) is 18.4 Å². The van der Waals surface area contributed by atoms with Crippen LogP contribution in [-0.2, 0) is 14.3 Å². The summed E-state index contributed by atoms with van der Waals surface area (Å²) in [4.78, 5) is 27.6. The van der Waals surface area contributed by atoms with Crippen LogP contribution >= 0.6 is 0 Å². The number of methoxy groups -OCH3 is 1. The van der Waals surface area contributed by atoms with Gasteiger partial charge in [-0.05, 0) is 31.2 Å². The number of nitrogens with zero attached hydrogens (tertiary/aromatic N) is 2. The fourth-order valence-electron chi connectivity index (χ4n) is 2.38. The van der Waals surface area contributed by atoms with Crippen molar-refractivity contribution in [3.8, 4) is 5.75 Å². The number of rotatable bonds is 6. The zero-order valence-electron chi connectivity index (χ0n) is 13.1. The molecule has 6 heteroatoms. The molecule has 1 heterocycles. The predicted octanol–water partition coefficient (Wildman–Crippen LogP) is 1.30. The molecule has 1 aliphatic heterocycles. The van der Waals surface area contributed by atoms with Gasteiger partial charge in [0.2, 0.25) is 11.8 Å². The van der Waals surface area contributed by atoms with Gasteiger partial charge >= 0.3 is 0 Å². The lowest BCUT2D eigenvalue weighted by Gasteiger charge is -2.34. The molecule has 6 nitrogen and oxygen atoms in total. The number of amides is 2. The van der Waals surface area contributed by atoms with Crippen molar-refractivity contribution < 1.29 is 19.1 Å². The van der Waals surface area contributed by atoms with Crippen molar-refractivity contribution in [2.24, 2.45) is 0 Å². The van der Waals surface area contributed by atoms with E-state index in [1.54, 1.807) is 16.9 Å². The summed E-state index contributed by atoms with van der Waals surface area (Å²) in [5.74, 6) is 0.651. The highest BCUT2D eigenvalue weighted by Crippen LogP contribution is 2.21. The van der Waals surface area contributed by atoms with E-state index in [4.69, 9.17) is 9.47 Å². The normalized spacial score (nSPS) is 15.1. The Morgan fingerprint density at radius 3 is 2.55 bits per heavy atom. The van der Waals surface area contributed by atoms with E-state index >= 15 is 0 Å². The van der Waals surface area contributed by atoms with Crippen LogP contribution in [0.5, 0.6) is 5.75 Å². The van der Waals surface area contributed by atoms with Crippen LogP contribution < -0.4 is 9.64 Å². The van der Waals surface area contributed by atoms with E-state index in [9.17, 15) is 9.59 Å². The van der Waals surface area contributed by atoms with Gasteiger partial charge in [0.25, 0.3) is 0 Å². The van der Waals surface area contributed by atoms with Gasteiger partial charge in [-0.2, -0.15) is 0 Å². The van der Waals surface area contributed by atoms with Gasteiger partial charge in [0.15, 0.2) is 0 Å². The molecule has 1 aliphatic rings. The number of piperazine rings is 1. The van der Waals surface area contributed by atoms with Crippen LogP contribution in [0.4, 0.5) is 5.69 Å². The number of carbonyl (C=O) groups is 2. The Kier molecular flexibility index (Phi) is 5.77. The Bertz CT molecular complexity index is 515. The van der Waals surface area contributed by atoms with E-state index in [2.05, 4.69) is 0 Å². The fraction of sp³-hybridized carbons (Fsp3) is 0.500. The third kappa shape index (κ3) is 3.98. The molecule has 1 aromatic carbocycles. The summed E-state index contributed by atoms with van der Waals surface area (Å²) in [5.41, 5.74) is 0.826. The van der Waals surface area contributed by atoms with Crippen LogP contribution in [-0.4, -0.2) is 56.7 Å². The van der Waals surface area contributed by atoms with Gasteiger partial charge in [0, 0.05) is 25.4 Å². The van der Waals surface area contributed by atoms with Crippen LogP contribution in [0, 0.1) is 0 Å². The minimum Gasteiger partial charge on any atom is -0.497 e. The number of anilines is 1. The molecule has 0 atom stereocenters. The molecule has 0 aliphatic carbocycles. The molecule has 0 spiro atoms. The van der Waals surface area contributed by atoms with Crippen LogP contribution in [0.3, 0.4) is 0 Å². The Morgan fingerprint density at radius 2 is 1.95 bits per heavy atom. The summed E-state index contributed by atoms with van der Waals surface area (Å²) in [6, 6.07) is 7.34. The van der Waals surface area contributed by atoms with Crippen molar-refractivity contribution in [3.63, 3.8) is 0 Å². The van der Waals surface area contributed by atoms with Gasteiger partial charge in [-0.15, -0.1) is 0 Å². The molecule has 0 bridgehead atoms. The monoisotopic (exact) mass is 306 g/mol. The average Bonchev–Trinajstić information content (AvgIpc) is 2.55. The molecule has 22 heavy (non-hydrogen) atoms. The molecule has 1 saturated heterocycles. The van der Waals surface area contributed by atoms with E-state index in [1.807, 2.05) is 31.2 Å². The van der Waals surface area contributed by atoms with Crippen molar-refractivity contribution >= 4 is 17.5 Å². The standard InChI is InChI=1S/C16H22N2O4/c1-3-22-11-8-15(19)17-9-10-18(16(20)12-17)13-4-6-14(21-2)7-5-13/h4-7H,3,8-12H2,1-2H3. The first-order valence-electron chi connectivity index (χ1n) is 7.45. The second kappa shape index (κ2) is 7.79. The highest BCUT2D eigenvalue weighted by atomic mass is 16.5. The molecule has 0 unspecified atom stereocenters. The molecule has 0 N–H and O–H groups in total. The van der Waals surface area contributed by atoms with E-state index < -0.39 is 0 Å². The highest BCUT2D eigenvalue weighted by molar-refractivity contribution is 5.97. The fourth-order valence-corrected chi connectivity index (χ4v) is 2.38. The van der Waals surface area contributed by atoms with Crippen molar-refractivity contribution in [3.05, 3.63) is 24.3 Å². The summed E-state index contributed by atoms with van der Waals surface area (Å²) in [6.07, 6.45) is 0.323. The molecule has 1 aromatic rings. The maximum atomic E-state index is 12.3. The second-order valence-corrected chi connectivity index (χ2v) is 5.01. The molecular weight excluding hydrogens is 284 g/mol. The van der Waals surface area contributed by atoms with Gasteiger partial charge in [-0.3, -0.25) is 9.59 Å². The van der Waals surface area contributed by atoms with Crippen molar-refractivity contribution in [1.29, 1.82) is 0 Å². The Labute approximate surface area is 130 Å². The lowest BCUT2D eigenvalue weighted by molar-refractivity contribution is -0.137. The van der Waals surface area contributed by atoms with Crippen LogP contribution in [0.1, 0.15) is 13.3 Å². The van der Waals surface area contributed by atoms with Gasteiger partial charge in [0.05, 0.1) is 20.1 Å². The average molecular weight is 306 g/mol. The molecule has 1 fully saturated rings. The summed E-state index contributed by atoms with van der Waals surface area (Å²) < 4.78 is 10.3. The van der Waals surface area contributed by atoms with Crippen LogP contribution in [0.2, 0.25) is 0 Å². The van der Waals surface area contributed by atoms with Crippen molar-refractivity contribution in [2.45, 2.75) is 13.3 Å². The first-order valence-corrected chi connectivity index (χ1v) is 7.45. The molecule has 2 amide bonds. The lowest BCUT2D eigenvalue weighted by atomic mass is 10.2. The number of carbonyl (C=O) groups excluding carboxylic acids is 2. The second-order valence-electron chi connectivity index (χ2n) is 5.01. The molecule has 0 radical (unpaired) electrons. The Balaban J connectivity index is 1.91. The number of hydrogen-bond acceptors (Lipinski definition) is 4. The number of benzene rings is 1. The van der Waals surface area contributed by atoms with E-state index in [0.29, 0.717) is 32.7 Å². The summed E-state index contributed by atoms with van der Waals surface area (Å²) in [5, 5.41) is 0. The van der Waals surface area contributed by atoms with E-state index in [1.165, 1.54) is 0 Å². The summed E-state index contributed by atoms with van der Waals surface area (Å²) >= 11 is 0.